The third-order valence-electron chi connectivity index (χ3n) is 4.39. The number of rotatable bonds is 2. The second-order valence-electron chi connectivity index (χ2n) is 6.15. The number of nitrogens with two attached hydrogens (primary N) is 1. The van der Waals surface area contributed by atoms with E-state index < -0.39 is 10.0 Å². The highest BCUT2D eigenvalue weighted by Gasteiger charge is 2.37. The van der Waals surface area contributed by atoms with E-state index in [1.165, 1.54) is 0 Å². The van der Waals surface area contributed by atoms with Gasteiger partial charge in [0.15, 0.2) is 0 Å². The maximum atomic E-state index is 12.8. The van der Waals surface area contributed by atoms with Crippen LogP contribution >= 0.6 is 0 Å². The zero-order valence-corrected chi connectivity index (χ0v) is 13.4. The first-order chi connectivity index (χ1) is 9.23. The molecule has 0 spiro atoms. The molecule has 3 atom stereocenters. The molecule has 0 aromatic heterocycles. The zero-order chi connectivity index (χ0) is 15.1. The first kappa shape index (κ1) is 15.3. The number of anilines is 1. The monoisotopic (exact) mass is 296 g/mol. The molecule has 1 aromatic carbocycles. The van der Waals surface area contributed by atoms with E-state index in [4.69, 9.17) is 5.73 Å². The lowest BCUT2D eigenvalue weighted by molar-refractivity contribution is 0.157. The first-order valence-electron chi connectivity index (χ1n) is 7.11. The van der Waals surface area contributed by atoms with Crippen LogP contribution in [0.1, 0.15) is 32.8 Å². The van der Waals surface area contributed by atoms with Crippen LogP contribution in [0.3, 0.4) is 0 Å². The van der Waals surface area contributed by atoms with E-state index in [9.17, 15) is 8.42 Å². The smallest absolute Gasteiger partial charge is 0.243 e. The van der Waals surface area contributed by atoms with Gasteiger partial charge in [-0.05, 0) is 55.9 Å². The van der Waals surface area contributed by atoms with E-state index in [0.29, 0.717) is 29.0 Å². The van der Waals surface area contributed by atoms with E-state index in [2.05, 4.69) is 13.8 Å². The van der Waals surface area contributed by atoms with E-state index in [1.807, 2.05) is 13.8 Å². The van der Waals surface area contributed by atoms with Crippen LogP contribution in [0.4, 0.5) is 5.69 Å². The van der Waals surface area contributed by atoms with Gasteiger partial charge in [-0.25, -0.2) is 8.42 Å². The van der Waals surface area contributed by atoms with Crippen molar-refractivity contribution in [2.45, 2.75) is 45.1 Å². The van der Waals surface area contributed by atoms with Crippen molar-refractivity contribution in [1.82, 2.24) is 4.31 Å². The number of hydrogen-bond donors (Lipinski definition) is 1. The van der Waals surface area contributed by atoms with E-state index in [1.54, 1.807) is 22.5 Å². The van der Waals surface area contributed by atoms with Crippen LogP contribution in [0, 0.1) is 18.8 Å². The van der Waals surface area contributed by atoms with Gasteiger partial charge in [0.05, 0.1) is 4.90 Å². The Morgan fingerprint density at radius 1 is 1.25 bits per heavy atom. The van der Waals surface area contributed by atoms with E-state index >= 15 is 0 Å². The van der Waals surface area contributed by atoms with Crippen molar-refractivity contribution >= 4 is 15.7 Å². The van der Waals surface area contributed by atoms with Crippen LogP contribution in [0.15, 0.2) is 23.1 Å². The molecule has 4 nitrogen and oxygen atoms in total. The van der Waals surface area contributed by atoms with Crippen molar-refractivity contribution < 1.29 is 8.42 Å². The van der Waals surface area contributed by atoms with Gasteiger partial charge >= 0.3 is 0 Å². The quantitative estimate of drug-likeness (QED) is 0.853. The van der Waals surface area contributed by atoms with Gasteiger partial charge in [-0.15, -0.1) is 0 Å². The van der Waals surface area contributed by atoms with Gasteiger partial charge in [0.2, 0.25) is 10.0 Å². The summed E-state index contributed by atoms with van der Waals surface area (Å²) in [6, 6.07) is 4.98. The van der Waals surface area contributed by atoms with E-state index in [0.717, 1.165) is 12.0 Å². The number of nitrogens with zero attached hydrogens (tertiary/aromatic N) is 1. The summed E-state index contributed by atoms with van der Waals surface area (Å²) < 4.78 is 27.3. The summed E-state index contributed by atoms with van der Waals surface area (Å²) >= 11 is 0. The lowest BCUT2D eigenvalue weighted by atomic mass is 9.88. The molecule has 0 aliphatic carbocycles. The third-order valence-corrected chi connectivity index (χ3v) is 6.34. The Kier molecular flexibility index (Phi) is 4.12. The summed E-state index contributed by atoms with van der Waals surface area (Å²) in [5.74, 6) is 0.772. The lowest BCUT2D eigenvalue weighted by Crippen LogP contribution is -2.48. The Hall–Kier alpha value is -1.07. The molecule has 1 aliphatic heterocycles. The molecule has 0 amide bonds. The zero-order valence-electron chi connectivity index (χ0n) is 12.6. The molecule has 20 heavy (non-hydrogen) atoms. The molecule has 1 heterocycles. The molecule has 5 heteroatoms. The van der Waals surface area contributed by atoms with Gasteiger partial charge in [-0.3, -0.25) is 0 Å². The Morgan fingerprint density at radius 3 is 2.50 bits per heavy atom. The molecule has 0 saturated carbocycles. The minimum atomic E-state index is -3.44. The van der Waals surface area contributed by atoms with Crippen molar-refractivity contribution in [3.8, 4) is 0 Å². The highest BCUT2D eigenvalue weighted by atomic mass is 32.2. The predicted octanol–water partition coefficient (Wildman–Crippen LogP) is 2.63. The van der Waals surface area contributed by atoms with Gasteiger partial charge in [-0.1, -0.05) is 13.8 Å². The minimum Gasteiger partial charge on any atom is -0.399 e. The van der Waals surface area contributed by atoms with Crippen LogP contribution < -0.4 is 5.73 Å². The maximum absolute atomic E-state index is 12.8. The number of nitrogen functional groups attached to an aromatic ring is 1. The Balaban J connectivity index is 2.40. The Labute approximate surface area is 122 Å². The largest absolute Gasteiger partial charge is 0.399 e. The predicted molar refractivity (Wildman–Crippen MR) is 81.9 cm³/mol. The summed E-state index contributed by atoms with van der Waals surface area (Å²) in [4.78, 5) is 0.345. The molecule has 0 radical (unpaired) electrons. The molecular weight excluding hydrogens is 272 g/mol. The van der Waals surface area contributed by atoms with Crippen molar-refractivity contribution in [3.63, 3.8) is 0 Å². The van der Waals surface area contributed by atoms with Crippen LogP contribution in [0.2, 0.25) is 0 Å². The van der Waals surface area contributed by atoms with Crippen LogP contribution in [-0.2, 0) is 10.0 Å². The van der Waals surface area contributed by atoms with Crippen LogP contribution in [0.25, 0.3) is 0 Å². The molecule has 2 N–H and O–H groups in total. The second kappa shape index (κ2) is 5.37. The normalized spacial score (nSPS) is 28.5. The van der Waals surface area contributed by atoms with Gasteiger partial charge in [-0.2, -0.15) is 4.31 Å². The number of aryl methyl sites for hydroxylation is 1. The molecule has 1 aliphatic rings. The fraction of sp³-hybridized carbons (Fsp3) is 0.600. The third kappa shape index (κ3) is 2.69. The van der Waals surface area contributed by atoms with Gasteiger partial charge in [0.25, 0.3) is 0 Å². The molecule has 1 saturated heterocycles. The highest BCUT2D eigenvalue weighted by Crippen LogP contribution is 2.32. The van der Waals surface area contributed by atoms with Gasteiger partial charge < -0.3 is 5.73 Å². The van der Waals surface area contributed by atoms with Gasteiger partial charge in [0.1, 0.15) is 0 Å². The average Bonchev–Trinajstić information content (AvgIpc) is 2.36. The van der Waals surface area contributed by atoms with Gasteiger partial charge in [0, 0.05) is 18.3 Å². The number of hydrogen-bond acceptors (Lipinski definition) is 3. The SMILES string of the molecule is Cc1cc(S(=O)(=O)N2CC(C)CC(C)C2C)ccc1N. The lowest BCUT2D eigenvalue weighted by Gasteiger charge is -2.40. The maximum Gasteiger partial charge on any atom is 0.243 e. The number of benzene rings is 1. The molecular formula is C15H24N2O2S. The summed E-state index contributed by atoms with van der Waals surface area (Å²) in [6.45, 7) is 8.66. The van der Waals surface area contributed by atoms with E-state index in [-0.39, 0.29) is 6.04 Å². The molecule has 3 unspecified atom stereocenters. The topological polar surface area (TPSA) is 63.4 Å². The Bertz CT molecular complexity index is 598. The number of piperidine rings is 1. The fourth-order valence-electron chi connectivity index (χ4n) is 2.92. The molecule has 112 valence electrons. The van der Waals surface area contributed by atoms with Crippen molar-refractivity contribution in [1.29, 1.82) is 0 Å². The van der Waals surface area contributed by atoms with Crippen molar-refractivity contribution in [3.05, 3.63) is 23.8 Å². The van der Waals surface area contributed by atoms with Crippen molar-refractivity contribution in [2.24, 2.45) is 11.8 Å². The summed E-state index contributed by atoms with van der Waals surface area (Å²) in [5, 5.41) is 0. The average molecular weight is 296 g/mol. The standard InChI is InChI=1S/C15H24N2O2S/c1-10-7-11(2)13(4)17(9-10)20(18,19)14-5-6-15(16)12(3)8-14/h5-6,8,10-11,13H,7,9,16H2,1-4H3. The fourth-order valence-corrected chi connectivity index (χ4v) is 4.86. The summed E-state index contributed by atoms with van der Waals surface area (Å²) in [5.41, 5.74) is 7.20. The Morgan fingerprint density at radius 2 is 1.90 bits per heavy atom. The molecule has 1 aromatic rings. The summed E-state index contributed by atoms with van der Waals surface area (Å²) in [7, 11) is -3.44. The minimum absolute atomic E-state index is 0.0362. The van der Waals surface area contributed by atoms with Crippen molar-refractivity contribution in [2.75, 3.05) is 12.3 Å². The van der Waals surface area contributed by atoms with Crippen LogP contribution in [-0.4, -0.2) is 25.3 Å². The molecule has 2 rings (SSSR count). The molecule has 0 bridgehead atoms. The molecule has 1 fully saturated rings. The first-order valence-corrected chi connectivity index (χ1v) is 8.55. The summed E-state index contributed by atoms with van der Waals surface area (Å²) in [6.07, 6.45) is 1.08. The highest BCUT2D eigenvalue weighted by molar-refractivity contribution is 7.89. The van der Waals surface area contributed by atoms with Crippen LogP contribution in [0.5, 0.6) is 0 Å². The number of sulfonamides is 1. The second-order valence-corrected chi connectivity index (χ2v) is 8.04.